The number of aliphatic carboxylic acids is 2. The van der Waals surface area contributed by atoms with Crippen LogP contribution in [0, 0.1) is 0 Å². The first-order valence-electron chi connectivity index (χ1n) is 15.3. The van der Waals surface area contributed by atoms with Gasteiger partial charge in [0.2, 0.25) is 0 Å². The summed E-state index contributed by atoms with van der Waals surface area (Å²) >= 11 is 0. The smallest absolute Gasteiger partial charge is 0.407 e. The normalized spacial score (nSPS) is 21.6. The van der Waals surface area contributed by atoms with Crippen molar-refractivity contribution >= 4 is 18.0 Å². The van der Waals surface area contributed by atoms with Gasteiger partial charge in [-0.3, -0.25) is 4.79 Å². The van der Waals surface area contributed by atoms with Crippen LogP contribution in [0.3, 0.4) is 0 Å². The predicted molar refractivity (Wildman–Crippen MR) is 167 cm³/mol. The Kier molecular flexibility index (Phi) is 13.5. The van der Waals surface area contributed by atoms with Crippen molar-refractivity contribution in [3.63, 3.8) is 0 Å². The van der Waals surface area contributed by atoms with E-state index in [2.05, 4.69) is 5.32 Å². The van der Waals surface area contributed by atoms with E-state index in [1.807, 2.05) is 97.9 Å². The molecule has 0 unspecified atom stereocenters. The van der Waals surface area contributed by atoms with Crippen molar-refractivity contribution < 1.29 is 48.3 Å². The molecule has 0 saturated carbocycles. The lowest BCUT2D eigenvalue weighted by Crippen LogP contribution is -2.59. The molecule has 1 aliphatic heterocycles. The molecule has 0 aliphatic carbocycles. The van der Waals surface area contributed by atoms with Gasteiger partial charge in [-0.15, -0.1) is 0 Å². The molecule has 1 heterocycles. The second kappa shape index (κ2) is 18.0. The minimum atomic E-state index is -1.60. The van der Waals surface area contributed by atoms with Gasteiger partial charge >= 0.3 is 18.0 Å². The number of hydrogen-bond donors (Lipinski definition) is 3. The lowest BCUT2D eigenvalue weighted by atomic mass is 9.92. The van der Waals surface area contributed by atoms with Crippen LogP contribution < -0.4 is 5.32 Å². The number of rotatable bonds is 17. The maximum Gasteiger partial charge on any atom is 0.407 e. The van der Waals surface area contributed by atoms with Gasteiger partial charge in [0.05, 0.1) is 45.1 Å². The topological polar surface area (TPSA) is 150 Å². The van der Waals surface area contributed by atoms with E-state index in [0.717, 1.165) is 16.7 Å². The largest absolute Gasteiger partial charge is 0.481 e. The van der Waals surface area contributed by atoms with Gasteiger partial charge in [0, 0.05) is 0 Å². The Morgan fingerprint density at radius 2 is 1.22 bits per heavy atom. The third-order valence-electron chi connectivity index (χ3n) is 7.56. The van der Waals surface area contributed by atoms with Gasteiger partial charge in [0.15, 0.2) is 0 Å². The lowest BCUT2D eigenvalue weighted by molar-refractivity contribution is -0.262. The fourth-order valence-corrected chi connectivity index (χ4v) is 5.26. The average Bonchev–Trinajstić information content (AvgIpc) is 3.05. The van der Waals surface area contributed by atoms with Gasteiger partial charge in [-0.1, -0.05) is 91.0 Å². The maximum absolute atomic E-state index is 12.2. The number of alkyl carbamates (subject to hydrolysis) is 1. The number of ether oxygens (including phenoxy) is 5. The summed E-state index contributed by atoms with van der Waals surface area (Å²) in [7, 11) is 0. The van der Waals surface area contributed by atoms with Crippen molar-refractivity contribution in [3.8, 4) is 0 Å². The predicted octanol–water partition coefficient (Wildman–Crippen LogP) is 4.96. The molecule has 0 spiro atoms. The zero-order valence-corrected chi connectivity index (χ0v) is 25.7. The van der Waals surface area contributed by atoms with E-state index in [4.69, 9.17) is 28.8 Å². The summed E-state index contributed by atoms with van der Waals surface area (Å²) < 4.78 is 31.2. The molecule has 3 N–H and O–H groups in total. The van der Waals surface area contributed by atoms with E-state index < -0.39 is 54.9 Å². The summed E-state index contributed by atoms with van der Waals surface area (Å²) in [5.74, 6) is -2.82. The molecule has 0 aromatic heterocycles. The molecule has 3 aromatic rings. The van der Waals surface area contributed by atoms with Crippen LogP contribution in [-0.2, 0) is 53.1 Å². The summed E-state index contributed by atoms with van der Waals surface area (Å²) in [6.45, 7) is 2.91. The van der Waals surface area contributed by atoms with Crippen molar-refractivity contribution in [1.29, 1.82) is 0 Å². The van der Waals surface area contributed by atoms with Gasteiger partial charge in [-0.2, -0.15) is 0 Å². The van der Waals surface area contributed by atoms with Gasteiger partial charge in [-0.05, 0) is 36.5 Å². The van der Waals surface area contributed by atoms with Crippen LogP contribution in [0.25, 0.3) is 0 Å². The molecule has 0 radical (unpaired) electrons. The summed E-state index contributed by atoms with van der Waals surface area (Å²) in [5.41, 5.74) is 3.01. The second-order valence-electron chi connectivity index (χ2n) is 11.1. The molecular weight excluding hydrogens is 594 g/mol. The summed E-state index contributed by atoms with van der Waals surface area (Å²) in [6.07, 6.45) is -3.27. The van der Waals surface area contributed by atoms with Gasteiger partial charge in [0.1, 0.15) is 24.4 Å². The molecule has 1 fully saturated rings. The molecule has 11 heteroatoms. The van der Waals surface area contributed by atoms with Crippen LogP contribution in [0.1, 0.15) is 42.9 Å². The maximum atomic E-state index is 12.2. The van der Waals surface area contributed by atoms with E-state index in [9.17, 15) is 19.5 Å². The fourth-order valence-electron chi connectivity index (χ4n) is 5.26. The molecule has 0 bridgehead atoms. The quantitative estimate of drug-likeness (QED) is 0.174. The Hall–Kier alpha value is -4.29. The highest BCUT2D eigenvalue weighted by molar-refractivity contribution is 5.84. The SMILES string of the molecule is C[C@@H]1O[C@@H](CCCOC(=O)N[C@@H](CC(=O)O)C(=O)O)[C@@H](OCc2ccccc2)[C@H](OCc2ccccc2)[C@@H]1OCc1ccccc1. The van der Waals surface area contributed by atoms with Crippen molar-refractivity contribution in [2.75, 3.05) is 6.61 Å². The number of carboxylic acid groups (broad SMARTS) is 2. The van der Waals surface area contributed by atoms with E-state index in [0.29, 0.717) is 32.7 Å². The number of benzene rings is 3. The molecule has 46 heavy (non-hydrogen) atoms. The average molecular weight is 636 g/mol. The number of nitrogens with one attached hydrogen (secondary N) is 1. The number of amides is 1. The molecule has 1 saturated heterocycles. The van der Waals surface area contributed by atoms with Crippen LogP contribution in [0.2, 0.25) is 0 Å². The molecule has 246 valence electrons. The third kappa shape index (κ3) is 11.0. The van der Waals surface area contributed by atoms with Gasteiger partial charge < -0.3 is 39.2 Å². The first-order valence-corrected chi connectivity index (χ1v) is 15.3. The molecule has 1 amide bonds. The first kappa shape index (κ1) is 34.6. The van der Waals surface area contributed by atoms with Crippen LogP contribution >= 0.6 is 0 Å². The monoisotopic (exact) mass is 635 g/mol. The molecule has 3 aromatic carbocycles. The zero-order valence-electron chi connectivity index (χ0n) is 25.7. The highest BCUT2D eigenvalue weighted by Gasteiger charge is 2.46. The Balaban J connectivity index is 1.47. The van der Waals surface area contributed by atoms with E-state index >= 15 is 0 Å². The number of carbonyl (C=O) groups is 3. The van der Waals surface area contributed by atoms with E-state index in [1.54, 1.807) is 0 Å². The number of carbonyl (C=O) groups excluding carboxylic acids is 1. The highest BCUT2D eigenvalue weighted by atomic mass is 16.6. The lowest BCUT2D eigenvalue weighted by Gasteiger charge is -2.45. The van der Waals surface area contributed by atoms with Crippen molar-refractivity contribution in [2.45, 2.75) is 82.6 Å². The Labute approximate surface area is 268 Å². The third-order valence-corrected chi connectivity index (χ3v) is 7.56. The number of carboxylic acids is 2. The van der Waals surface area contributed by atoms with Gasteiger partial charge in [0.25, 0.3) is 0 Å². The minimum absolute atomic E-state index is 0.0473. The van der Waals surface area contributed by atoms with E-state index in [-0.39, 0.29) is 12.7 Å². The summed E-state index contributed by atoms with van der Waals surface area (Å²) in [6, 6.07) is 27.9. The van der Waals surface area contributed by atoms with Crippen LogP contribution in [0.15, 0.2) is 91.0 Å². The van der Waals surface area contributed by atoms with Crippen molar-refractivity contribution in [3.05, 3.63) is 108 Å². The second-order valence-corrected chi connectivity index (χ2v) is 11.1. The Morgan fingerprint density at radius 3 is 1.70 bits per heavy atom. The zero-order chi connectivity index (χ0) is 32.7. The molecule has 6 atom stereocenters. The molecule has 4 rings (SSSR count). The van der Waals surface area contributed by atoms with Crippen molar-refractivity contribution in [2.24, 2.45) is 0 Å². The van der Waals surface area contributed by atoms with Crippen LogP contribution in [0.4, 0.5) is 4.79 Å². The summed E-state index contributed by atoms with van der Waals surface area (Å²) in [4.78, 5) is 34.4. The minimum Gasteiger partial charge on any atom is -0.481 e. The Bertz CT molecular complexity index is 1360. The van der Waals surface area contributed by atoms with Gasteiger partial charge in [-0.25, -0.2) is 9.59 Å². The van der Waals surface area contributed by atoms with Crippen LogP contribution in [0.5, 0.6) is 0 Å². The van der Waals surface area contributed by atoms with E-state index in [1.165, 1.54) is 0 Å². The summed E-state index contributed by atoms with van der Waals surface area (Å²) in [5, 5.41) is 20.2. The van der Waals surface area contributed by atoms with Crippen molar-refractivity contribution in [1.82, 2.24) is 5.32 Å². The molecule has 11 nitrogen and oxygen atoms in total. The first-order chi connectivity index (χ1) is 22.3. The van der Waals surface area contributed by atoms with Crippen LogP contribution in [-0.4, -0.2) is 71.4 Å². The number of hydrogen-bond acceptors (Lipinski definition) is 8. The molecular formula is C35H41NO10. The standard InChI is InChI=1S/C35H41NO10/c1-24-31(43-21-25-12-5-2-6-13-25)33(45-23-27-16-9-4-10-17-27)32(44-22-26-14-7-3-8-15-26)29(46-24)18-11-19-42-35(41)36-28(34(39)40)20-30(37)38/h2-10,12-17,24,28-29,31-33H,11,18-23H2,1H3,(H,36,41)(H,37,38)(H,39,40)/t24-,28-,29-,31+,32+,33+/m0/s1. The molecule has 1 aliphatic rings. The fraction of sp³-hybridized carbons (Fsp3) is 0.400. The Morgan fingerprint density at radius 1 is 0.739 bits per heavy atom. The highest BCUT2D eigenvalue weighted by Crippen LogP contribution is 2.32.